The highest BCUT2D eigenvalue weighted by Crippen LogP contribution is 2.45. The summed E-state index contributed by atoms with van der Waals surface area (Å²) in [4.78, 5) is 2.14. The van der Waals surface area contributed by atoms with Gasteiger partial charge in [0.05, 0.1) is 11.4 Å². The van der Waals surface area contributed by atoms with Crippen LogP contribution in [0.3, 0.4) is 0 Å². The van der Waals surface area contributed by atoms with Crippen LogP contribution in [0.1, 0.15) is 0 Å². The van der Waals surface area contributed by atoms with Gasteiger partial charge in [0.15, 0.2) is 0 Å². The molecule has 206 valence electrons. The maximum absolute atomic E-state index is 14.4. The van der Waals surface area contributed by atoms with Gasteiger partial charge in [0.1, 0.15) is 11.6 Å². The highest BCUT2D eigenvalue weighted by Gasteiger charge is 2.21. The van der Waals surface area contributed by atoms with Gasteiger partial charge in [-0.25, -0.2) is 8.78 Å². The summed E-state index contributed by atoms with van der Waals surface area (Å²) in [6, 6.07) is 52.7. The zero-order valence-corrected chi connectivity index (χ0v) is 23.3. The van der Waals surface area contributed by atoms with E-state index in [2.05, 4.69) is 71.6 Å². The Morgan fingerprint density at radius 1 is 0.349 bits per heavy atom. The van der Waals surface area contributed by atoms with Gasteiger partial charge in [0.2, 0.25) is 0 Å². The van der Waals surface area contributed by atoms with Crippen molar-refractivity contribution in [3.63, 3.8) is 0 Å². The molecule has 0 aliphatic rings. The Balaban J connectivity index is 1.55. The molecular weight excluding hydrogens is 532 g/mol. The van der Waals surface area contributed by atoms with E-state index in [1.54, 1.807) is 24.3 Å². The van der Waals surface area contributed by atoms with Crippen LogP contribution in [0.2, 0.25) is 0 Å². The minimum atomic E-state index is -0.308. The first-order chi connectivity index (χ1) is 21.2. The second-order valence-corrected chi connectivity index (χ2v) is 10.5. The van der Waals surface area contributed by atoms with Crippen LogP contribution >= 0.6 is 0 Å². The fraction of sp³-hybridized carbons (Fsp3) is 0. The van der Waals surface area contributed by atoms with Gasteiger partial charge >= 0.3 is 0 Å². The van der Waals surface area contributed by atoms with E-state index < -0.39 is 0 Å². The van der Waals surface area contributed by atoms with Crippen molar-refractivity contribution in [3.8, 4) is 33.4 Å². The van der Waals surface area contributed by atoms with E-state index in [1.165, 1.54) is 18.2 Å². The summed E-state index contributed by atoms with van der Waals surface area (Å²) in [7, 11) is 0. The molecule has 0 amide bonds. The lowest BCUT2D eigenvalue weighted by Gasteiger charge is -2.29. The average Bonchev–Trinajstić information content (AvgIpc) is 3.06. The standard InChI is InChI=1S/C40H27F2N/c41-32-21-23-34(24-22-32)43(39-19-8-7-17-35(39)30-15-9-16-33(42)25-30)40-20-10-18-36-37(29-13-5-2-6-14-29)26-31(27-38(36)40)28-11-3-1-4-12-28/h1-27H. The van der Waals surface area contributed by atoms with Crippen molar-refractivity contribution in [3.05, 3.63) is 175 Å². The first-order valence-corrected chi connectivity index (χ1v) is 14.2. The van der Waals surface area contributed by atoms with Gasteiger partial charge in [-0.15, -0.1) is 0 Å². The lowest BCUT2D eigenvalue weighted by Crippen LogP contribution is -2.12. The molecule has 43 heavy (non-hydrogen) atoms. The van der Waals surface area contributed by atoms with Crippen LogP contribution in [-0.4, -0.2) is 0 Å². The molecule has 0 saturated heterocycles. The van der Waals surface area contributed by atoms with E-state index in [1.807, 2.05) is 54.6 Å². The molecule has 0 aliphatic carbocycles. The predicted molar refractivity (Wildman–Crippen MR) is 175 cm³/mol. The fourth-order valence-corrected chi connectivity index (χ4v) is 5.79. The third kappa shape index (κ3) is 5.18. The van der Waals surface area contributed by atoms with Gasteiger partial charge in [-0.05, 0) is 93.9 Å². The average molecular weight is 560 g/mol. The predicted octanol–water partition coefficient (Wildman–Crippen LogP) is 11.6. The maximum Gasteiger partial charge on any atom is 0.123 e. The molecule has 0 spiro atoms. The Hall–Kier alpha value is -5.54. The number of anilines is 3. The van der Waals surface area contributed by atoms with Gasteiger partial charge in [0, 0.05) is 16.6 Å². The Labute approximate surface area is 249 Å². The van der Waals surface area contributed by atoms with Crippen molar-refractivity contribution in [1.82, 2.24) is 0 Å². The second kappa shape index (κ2) is 11.4. The minimum Gasteiger partial charge on any atom is -0.309 e. The number of halogens is 2. The normalized spacial score (nSPS) is 11.0. The molecule has 7 rings (SSSR count). The lowest BCUT2D eigenvalue weighted by atomic mass is 9.91. The number of rotatable bonds is 6. The quantitative estimate of drug-likeness (QED) is 0.196. The molecule has 0 heterocycles. The van der Waals surface area contributed by atoms with Crippen molar-refractivity contribution >= 4 is 27.8 Å². The molecule has 0 N–H and O–H groups in total. The number of nitrogens with zero attached hydrogens (tertiary/aromatic N) is 1. The Morgan fingerprint density at radius 2 is 0.977 bits per heavy atom. The largest absolute Gasteiger partial charge is 0.309 e. The molecule has 7 aromatic carbocycles. The summed E-state index contributed by atoms with van der Waals surface area (Å²) in [6.45, 7) is 0. The van der Waals surface area contributed by atoms with Crippen LogP contribution in [0.25, 0.3) is 44.2 Å². The molecule has 0 aromatic heterocycles. The molecule has 1 nitrogen and oxygen atoms in total. The Morgan fingerprint density at radius 3 is 1.72 bits per heavy atom. The summed E-state index contributed by atoms with van der Waals surface area (Å²) in [6.07, 6.45) is 0. The van der Waals surface area contributed by atoms with Crippen LogP contribution in [-0.2, 0) is 0 Å². The van der Waals surface area contributed by atoms with E-state index in [9.17, 15) is 8.78 Å². The Kier molecular flexibility index (Phi) is 6.98. The molecular formula is C40H27F2N. The van der Waals surface area contributed by atoms with Gasteiger partial charge < -0.3 is 4.90 Å². The zero-order chi connectivity index (χ0) is 29.2. The zero-order valence-electron chi connectivity index (χ0n) is 23.3. The van der Waals surface area contributed by atoms with Crippen LogP contribution in [0.4, 0.5) is 25.8 Å². The second-order valence-electron chi connectivity index (χ2n) is 10.5. The van der Waals surface area contributed by atoms with Gasteiger partial charge in [-0.2, -0.15) is 0 Å². The van der Waals surface area contributed by atoms with E-state index in [4.69, 9.17) is 0 Å². The topological polar surface area (TPSA) is 3.24 Å². The molecule has 7 aromatic rings. The number of benzene rings is 7. The maximum atomic E-state index is 14.4. The van der Waals surface area contributed by atoms with Gasteiger partial charge in [0.25, 0.3) is 0 Å². The van der Waals surface area contributed by atoms with Crippen LogP contribution in [0.15, 0.2) is 164 Å². The summed E-state index contributed by atoms with van der Waals surface area (Å²) < 4.78 is 28.7. The van der Waals surface area contributed by atoms with Gasteiger partial charge in [-0.1, -0.05) is 103 Å². The summed E-state index contributed by atoms with van der Waals surface area (Å²) >= 11 is 0. The van der Waals surface area contributed by atoms with Crippen molar-refractivity contribution in [2.75, 3.05) is 4.90 Å². The highest BCUT2D eigenvalue weighted by atomic mass is 19.1. The van der Waals surface area contributed by atoms with Crippen LogP contribution < -0.4 is 4.90 Å². The van der Waals surface area contributed by atoms with E-state index in [-0.39, 0.29) is 11.6 Å². The Bertz CT molecular complexity index is 2030. The van der Waals surface area contributed by atoms with E-state index >= 15 is 0 Å². The number of fused-ring (bicyclic) bond motifs is 1. The molecule has 0 radical (unpaired) electrons. The van der Waals surface area contributed by atoms with Gasteiger partial charge in [-0.3, -0.25) is 0 Å². The highest BCUT2D eigenvalue weighted by molar-refractivity contribution is 6.08. The summed E-state index contributed by atoms with van der Waals surface area (Å²) in [5.74, 6) is -0.608. The van der Waals surface area contributed by atoms with Crippen LogP contribution in [0.5, 0.6) is 0 Å². The summed E-state index contributed by atoms with van der Waals surface area (Å²) in [5, 5.41) is 2.14. The van der Waals surface area contributed by atoms with Crippen molar-refractivity contribution < 1.29 is 8.78 Å². The fourth-order valence-electron chi connectivity index (χ4n) is 5.79. The first-order valence-electron chi connectivity index (χ1n) is 14.2. The first kappa shape index (κ1) is 26.4. The number of para-hydroxylation sites is 1. The van der Waals surface area contributed by atoms with E-state index in [0.29, 0.717) is 0 Å². The minimum absolute atomic E-state index is 0.300. The number of hydrogen-bond donors (Lipinski definition) is 0. The molecule has 0 aliphatic heterocycles. The third-order valence-electron chi connectivity index (χ3n) is 7.77. The molecule has 0 fully saturated rings. The SMILES string of the molecule is Fc1ccc(N(c2ccccc2-c2cccc(F)c2)c2cccc3c(-c4ccccc4)cc(-c4ccccc4)cc23)cc1. The molecule has 0 saturated carbocycles. The monoisotopic (exact) mass is 559 g/mol. The molecule has 0 atom stereocenters. The third-order valence-corrected chi connectivity index (χ3v) is 7.77. The molecule has 3 heteroatoms. The smallest absolute Gasteiger partial charge is 0.123 e. The summed E-state index contributed by atoms with van der Waals surface area (Å²) in [5.41, 5.74) is 8.67. The van der Waals surface area contributed by atoms with E-state index in [0.717, 1.165) is 61.2 Å². The van der Waals surface area contributed by atoms with Crippen molar-refractivity contribution in [1.29, 1.82) is 0 Å². The molecule has 0 unspecified atom stereocenters. The van der Waals surface area contributed by atoms with Crippen molar-refractivity contribution in [2.45, 2.75) is 0 Å². The van der Waals surface area contributed by atoms with Crippen molar-refractivity contribution in [2.24, 2.45) is 0 Å². The van der Waals surface area contributed by atoms with Crippen LogP contribution in [0, 0.1) is 11.6 Å². The lowest BCUT2D eigenvalue weighted by molar-refractivity contribution is 0.627. The molecule has 0 bridgehead atoms. The number of hydrogen-bond acceptors (Lipinski definition) is 1.